The monoisotopic (exact) mass is 514 g/mol. The number of hydrogen-bond donors (Lipinski definition) is 5. The van der Waals surface area contributed by atoms with E-state index in [0.717, 1.165) is 30.4 Å². The number of fused-ring (bicyclic) bond motifs is 1. The lowest BCUT2D eigenvalue weighted by molar-refractivity contribution is -0.384. The number of nitro groups is 1. The van der Waals surface area contributed by atoms with Crippen molar-refractivity contribution in [2.24, 2.45) is 0 Å². The van der Waals surface area contributed by atoms with Crippen molar-refractivity contribution < 1.29 is 24.4 Å². The number of carbonyl (C=O) groups excluding carboxylic acids is 2. The standard InChI is InChI=1S/C25H30N4O6S/c1-25(2,36)21(28-24(32)33)23(31)27-20(14-15-10-12-17(13-11-15)29(34)35)22(30)26-19-9-5-7-16-6-3-4-8-18(16)19/h3-4,6,8,10-13,19-21,28,36H,5,7,9,14H2,1-2H3,(H,26,30)(H,27,31)(H,32,33)/t19-,20?,21?/m1/s1. The summed E-state index contributed by atoms with van der Waals surface area (Å²) in [5.74, 6) is -1.14. The average Bonchev–Trinajstić information content (AvgIpc) is 2.81. The second-order valence-electron chi connectivity index (χ2n) is 9.38. The second-order valence-corrected chi connectivity index (χ2v) is 10.5. The molecular weight excluding hydrogens is 484 g/mol. The largest absolute Gasteiger partial charge is 0.465 e. The number of aryl methyl sites for hydroxylation is 1. The van der Waals surface area contributed by atoms with E-state index in [-0.39, 0.29) is 18.2 Å². The Bertz CT molecular complexity index is 1130. The summed E-state index contributed by atoms with van der Waals surface area (Å²) in [5, 5.41) is 28.0. The normalized spacial score (nSPS) is 16.7. The second kappa shape index (κ2) is 11.4. The maximum absolute atomic E-state index is 13.4. The minimum absolute atomic E-state index is 0.0523. The first-order valence-electron chi connectivity index (χ1n) is 11.6. The number of thiol groups is 1. The average molecular weight is 515 g/mol. The molecule has 0 fully saturated rings. The third-order valence-electron chi connectivity index (χ3n) is 6.14. The highest BCUT2D eigenvalue weighted by molar-refractivity contribution is 7.81. The molecule has 36 heavy (non-hydrogen) atoms. The van der Waals surface area contributed by atoms with Gasteiger partial charge >= 0.3 is 6.09 Å². The van der Waals surface area contributed by atoms with Crippen LogP contribution in [0.25, 0.3) is 0 Å². The van der Waals surface area contributed by atoms with Crippen LogP contribution >= 0.6 is 12.6 Å². The van der Waals surface area contributed by atoms with Gasteiger partial charge in [0, 0.05) is 23.3 Å². The van der Waals surface area contributed by atoms with Gasteiger partial charge < -0.3 is 21.1 Å². The van der Waals surface area contributed by atoms with E-state index in [1.807, 2.05) is 24.3 Å². The number of carbonyl (C=O) groups is 3. The molecule has 0 heterocycles. The number of benzene rings is 2. The molecule has 3 amide bonds. The van der Waals surface area contributed by atoms with E-state index in [1.165, 1.54) is 24.3 Å². The first kappa shape index (κ1) is 27.0. The smallest absolute Gasteiger partial charge is 0.405 e. The topological polar surface area (TPSA) is 151 Å². The van der Waals surface area contributed by atoms with E-state index in [4.69, 9.17) is 0 Å². The van der Waals surface area contributed by atoms with Crippen molar-refractivity contribution in [2.75, 3.05) is 0 Å². The van der Waals surface area contributed by atoms with Gasteiger partial charge in [0.25, 0.3) is 5.69 Å². The van der Waals surface area contributed by atoms with Crippen LogP contribution in [0.1, 0.15) is 49.4 Å². The maximum Gasteiger partial charge on any atom is 0.405 e. The van der Waals surface area contributed by atoms with Crippen LogP contribution in [0.15, 0.2) is 48.5 Å². The molecule has 3 atom stereocenters. The van der Waals surface area contributed by atoms with Crippen molar-refractivity contribution in [2.45, 2.75) is 62.4 Å². The molecule has 4 N–H and O–H groups in total. The van der Waals surface area contributed by atoms with Gasteiger partial charge in [-0.1, -0.05) is 36.4 Å². The van der Waals surface area contributed by atoms with E-state index < -0.39 is 39.7 Å². The van der Waals surface area contributed by atoms with Crippen LogP contribution in [-0.2, 0) is 22.4 Å². The van der Waals surface area contributed by atoms with E-state index in [2.05, 4.69) is 28.6 Å². The molecule has 3 rings (SSSR count). The minimum atomic E-state index is -1.40. The van der Waals surface area contributed by atoms with Gasteiger partial charge in [-0.05, 0) is 49.8 Å². The predicted octanol–water partition coefficient (Wildman–Crippen LogP) is 3.16. The molecule has 192 valence electrons. The van der Waals surface area contributed by atoms with Gasteiger partial charge in [-0.2, -0.15) is 12.6 Å². The lowest BCUT2D eigenvalue weighted by Gasteiger charge is -2.31. The van der Waals surface area contributed by atoms with Crippen molar-refractivity contribution in [3.8, 4) is 0 Å². The number of nitrogens with one attached hydrogen (secondary N) is 3. The quantitative estimate of drug-likeness (QED) is 0.197. The number of rotatable bonds is 9. The van der Waals surface area contributed by atoms with Crippen LogP contribution in [0.3, 0.4) is 0 Å². The van der Waals surface area contributed by atoms with Crippen molar-refractivity contribution in [1.29, 1.82) is 0 Å². The summed E-state index contributed by atoms with van der Waals surface area (Å²) >= 11 is 4.35. The van der Waals surface area contributed by atoms with E-state index >= 15 is 0 Å². The number of hydrogen-bond acceptors (Lipinski definition) is 6. The maximum atomic E-state index is 13.4. The number of nitrogens with zero attached hydrogens (tertiary/aromatic N) is 1. The van der Waals surface area contributed by atoms with Crippen molar-refractivity contribution in [3.63, 3.8) is 0 Å². The fourth-order valence-corrected chi connectivity index (χ4v) is 4.50. The highest BCUT2D eigenvalue weighted by atomic mass is 32.1. The summed E-state index contributed by atoms with van der Waals surface area (Å²) in [6.07, 6.45) is 1.22. The Morgan fingerprint density at radius 1 is 1.11 bits per heavy atom. The Kier molecular flexibility index (Phi) is 8.57. The molecule has 2 aromatic carbocycles. The fourth-order valence-electron chi connectivity index (χ4n) is 4.32. The zero-order chi connectivity index (χ0) is 26.5. The summed E-state index contributed by atoms with van der Waals surface area (Å²) in [5.41, 5.74) is 2.69. The van der Waals surface area contributed by atoms with E-state index in [1.54, 1.807) is 13.8 Å². The summed E-state index contributed by atoms with van der Waals surface area (Å²) < 4.78 is -1.06. The van der Waals surface area contributed by atoms with Gasteiger partial charge in [0.05, 0.1) is 11.0 Å². The Labute approximate surface area is 214 Å². The van der Waals surface area contributed by atoms with Crippen LogP contribution in [-0.4, -0.2) is 44.8 Å². The molecule has 10 nitrogen and oxygen atoms in total. The molecule has 0 saturated carbocycles. The molecule has 0 aromatic heterocycles. The van der Waals surface area contributed by atoms with E-state index in [9.17, 15) is 29.6 Å². The molecule has 0 bridgehead atoms. The first-order valence-corrected chi connectivity index (χ1v) is 12.0. The fraction of sp³-hybridized carbons (Fsp3) is 0.400. The molecule has 1 aliphatic carbocycles. The van der Waals surface area contributed by atoms with Crippen LogP contribution in [0.5, 0.6) is 0 Å². The summed E-state index contributed by atoms with van der Waals surface area (Å²) in [4.78, 5) is 48.3. The van der Waals surface area contributed by atoms with Gasteiger partial charge in [0.15, 0.2) is 0 Å². The Morgan fingerprint density at radius 3 is 2.39 bits per heavy atom. The van der Waals surface area contributed by atoms with Gasteiger partial charge in [0.2, 0.25) is 11.8 Å². The van der Waals surface area contributed by atoms with Crippen LogP contribution in [0, 0.1) is 10.1 Å². The number of non-ortho nitro benzene ring substituents is 1. The van der Waals surface area contributed by atoms with Crippen molar-refractivity contribution in [1.82, 2.24) is 16.0 Å². The van der Waals surface area contributed by atoms with Crippen LogP contribution in [0.2, 0.25) is 0 Å². The number of carboxylic acid groups (broad SMARTS) is 1. The predicted molar refractivity (Wildman–Crippen MR) is 137 cm³/mol. The lowest BCUT2D eigenvalue weighted by Crippen LogP contribution is -2.59. The molecule has 2 aromatic rings. The third kappa shape index (κ3) is 6.97. The highest BCUT2D eigenvalue weighted by Gasteiger charge is 2.36. The molecule has 2 unspecified atom stereocenters. The van der Waals surface area contributed by atoms with Crippen LogP contribution in [0.4, 0.5) is 10.5 Å². The first-order chi connectivity index (χ1) is 17.0. The van der Waals surface area contributed by atoms with Gasteiger partial charge in [-0.15, -0.1) is 0 Å². The molecule has 11 heteroatoms. The number of amides is 3. The van der Waals surface area contributed by atoms with Crippen molar-refractivity contribution in [3.05, 3.63) is 75.3 Å². The SMILES string of the molecule is CC(C)(S)C(NC(=O)O)C(=O)NC(Cc1ccc([N+](=O)[O-])cc1)C(=O)N[C@@H]1CCCc2ccccc21. The van der Waals surface area contributed by atoms with Gasteiger partial charge in [0.1, 0.15) is 12.1 Å². The summed E-state index contributed by atoms with van der Waals surface area (Å²) in [6.45, 7) is 3.17. The highest BCUT2D eigenvalue weighted by Crippen LogP contribution is 2.29. The molecule has 0 radical (unpaired) electrons. The molecule has 0 spiro atoms. The molecular formula is C25H30N4O6S. The van der Waals surface area contributed by atoms with Gasteiger partial charge in [-0.3, -0.25) is 19.7 Å². The Balaban J connectivity index is 1.85. The van der Waals surface area contributed by atoms with Crippen LogP contribution < -0.4 is 16.0 Å². The summed E-state index contributed by atoms with van der Waals surface area (Å²) in [7, 11) is 0. The zero-order valence-corrected chi connectivity index (χ0v) is 21.0. The van der Waals surface area contributed by atoms with E-state index in [0.29, 0.717) is 5.56 Å². The zero-order valence-electron chi connectivity index (χ0n) is 20.1. The Morgan fingerprint density at radius 2 is 1.78 bits per heavy atom. The Hall–Kier alpha value is -3.60. The third-order valence-corrected chi connectivity index (χ3v) is 6.40. The molecule has 1 aliphatic rings. The van der Waals surface area contributed by atoms with Gasteiger partial charge in [-0.25, -0.2) is 4.79 Å². The molecule has 0 aliphatic heterocycles. The minimum Gasteiger partial charge on any atom is -0.465 e. The van der Waals surface area contributed by atoms with Crippen molar-refractivity contribution >= 4 is 36.2 Å². The lowest BCUT2D eigenvalue weighted by atomic mass is 9.87. The number of nitro benzene ring substituents is 1. The molecule has 0 saturated heterocycles. The summed E-state index contributed by atoms with van der Waals surface area (Å²) in [6, 6.07) is 11.1.